The summed E-state index contributed by atoms with van der Waals surface area (Å²) in [5, 5.41) is 3.33. The predicted molar refractivity (Wildman–Crippen MR) is 103 cm³/mol. The molecule has 2 aliphatic heterocycles. The van der Waals surface area contributed by atoms with Gasteiger partial charge in [-0.15, -0.1) is 4.40 Å². The first kappa shape index (κ1) is 17.2. The van der Waals surface area contributed by atoms with E-state index in [0.717, 1.165) is 5.56 Å². The summed E-state index contributed by atoms with van der Waals surface area (Å²) in [6.45, 7) is 1.79. The van der Waals surface area contributed by atoms with Gasteiger partial charge in [-0.25, -0.2) is 12.8 Å². The Morgan fingerprint density at radius 2 is 1.92 bits per heavy atom. The lowest BCUT2D eigenvalue weighted by molar-refractivity contribution is 0.342. The van der Waals surface area contributed by atoms with Crippen LogP contribution in [-0.2, 0) is 15.5 Å². The monoisotopic (exact) mass is 371 g/mol. The minimum absolute atomic E-state index is 0.0217. The lowest BCUT2D eigenvalue weighted by Crippen LogP contribution is -2.64. The van der Waals surface area contributed by atoms with Gasteiger partial charge in [0.15, 0.2) is 0 Å². The van der Waals surface area contributed by atoms with Gasteiger partial charge in [0.1, 0.15) is 19.5 Å². The Labute approximate surface area is 153 Å². The fourth-order valence-corrected chi connectivity index (χ4v) is 4.72. The van der Waals surface area contributed by atoms with Crippen LogP contribution in [0.1, 0.15) is 5.56 Å². The Morgan fingerprint density at radius 1 is 1.15 bits per heavy atom. The first-order valence-corrected chi connectivity index (χ1v) is 10.2. The number of hydrogen-bond donors (Lipinski definition) is 1. The van der Waals surface area contributed by atoms with Crippen LogP contribution in [0.4, 0.5) is 4.39 Å². The minimum Gasteiger partial charge on any atom is -0.356 e. The van der Waals surface area contributed by atoms with Crippen molar-refractivity contribution in [2.24, 2.45) is 4.40 Å². The van der Waals surface area contributed by atoms with Gasteiger partial charge in [0.05, 0.1) is 11.2 Å². The summed E-state index contributed by atoms with van der Waals surface area (Å²) in [6.07, 6.45) is 0. The molecule has 26 heavy (non-hydrogen) atoms. The minimum atomic E-state index is -3.48. The molecule has 8 heteroatoms. The normalized spacial score (nSPS) is 24.7. The molecule has 0 radical (unpaired) electrons. The zero-order valence-electron chi connectivity index (χ0n) is 14.4. The van der Waals surface area contributed by atoms with Gasteiger partial charge in [0.2, 0.25) is 0 Å². The van der Waals surface area contributed by atoms with Crippen molar-refractivity contribution in [2.75, 3.05) is 25.4 Å². The third-order valence-corrected chi connectivity index (χ3v) is 6.23. The number of fused-ring (bicyclic) bond motifs is 1. The van der Waals surface area contributed by atoms with E-state index in [9.17, 15) is 12.8 Å². The Morgan fingerprint density at radius 3 is 2.65 bits per heavy atom. The third-order valence-electron chi connectivity index (χ3n) is 5.08. The molecule has 0 bridgehead atoms. The summed E-state index contributed by atoms with van der Waals surface area (Å²) in [6, 6.07) is 14.4. The van der Waals surface area contributed by atoms with Gasteiger partial charge in [0, 0.05) is 25.2 Å². The second-order valence-corrected chi connectivity index (χ2v) is 8.56. The van der Waals surface area contributed by atoms with E-state index in [0.29, 0.717) is 36.6 Å². The molecule has 2 aliphatic rings. The number of piperazine rings is 1. The molecule has 1 saturated heterocycles. The van der Waals surface area contributed by atoms with Gasteiger partial charge in [-0.3, -0.25) is 0 Å². The van der Waals surface area contributed by atoms with Gasteiger partial charge in [0.25, 0.3) is 10.0 Å². The van der Waals surface area contributed by atoms with E-state index >= 15 is 0 Å². The Bertz CT molecular complexity index is 981. The van der Waals surface area contributed by atoms with Crippen LogP contribution in [0.3, 0.4) is 0 Å². The molecule has 134 valence electrons. The van der Waals surface area contributed by atoms with Crippen molar-refractivity contribution in [3.63, 3.8) is 0 Å². The molecule has 0 spiro atoms. The smallest absolute Gasteiger partial charge is 0.256 e. The highest BCUT2D eigenvalue weighted by molar-refractivity contribution is 7.90. The fraction of sp³-hybridized carbons (Fsp3) is 0.278. The fourth-order valence-electron chi connectivity index (χ4n) is 3.62. The second-order valence-electron chi connectivity index (χ2n) is 6.80. The van der Waals surface area contributed by atoms with Crippen LogP contribution in [0.5, 0.6) is 0 Å². The largest absolute Gasteiger partial charge is 0.356 e. The van der Waals surface area contributed by atoms with E-state index in [1.807, 2.05) is 49.1 Å². The summed E-state index contributed by atoms with van der Waals surface area (Å²) in [4.78, 5) is 1.97. The highest BCUT2D eigenvalue weighted by Gasteiger charge is 2.42. The van der Waals surface area contributed by atoms with E-state index in [-0.39, 0.29) is 11.6 Å². The quantitative estimate of drug-likeness (QED) is 0.798. The van der Waals surface area contributed by atoms with E-state index in [4.69, 9.17) is 0 Å². The highest BCUT2D eigenvalue weighted by atomic mass is 32.2. The average Bonchev–Trinajstić information content (AvgIpc) is 2.63. The van der Waals surface area contributed by atoms with Crippen LogP contribution in [-0.4, -0.2) is 52.4 Å². The van der Waals surface area contributed by atoms with Crippen molar-refractivity contribution in [3.05, 3.63) is 59.9 Å². The second kappa shape index (κ2) is 6.21. The third kappa shape index (κ3) is 2.93. The maximum Gasteiger partial charge on any atom is 0.256 e. The van der Waals surface area contributed by atoms with Crippen molar-refractivity contribution >= 4 is 23.7 Å². The van der Waals surface area contributed by atoms with Crippen molar-refractivity contribution in [3.8, 4) is 11.1 Å². The first-order valence-electron chi connectivity index (χ1n) is 8.58. The molecule has 0 aliphatic carbocycles. The van der Waals surface area contributed by atoms with Crippen LogP contribution in [0.15, 0.2) is 52.9 Å². The maximum atomic E-state index is 14.8. The first-order chi connectivity index (χ1) is 12.4. The molecule has 2 heterocycles. The summed E-state index contributed by atoms with van der Waals surface area (Å²) in [7, 11) is -1.62. The van der Waals surface area contributed by atoms with Crippen LogP contribution in [0.2, 0.25) is 0 Å². The van der Waals surface area contributed by atoms with E-state index in [1.165, 1.54) is 6.07 Å². The molecule has 2 aromatic carbocycles. The standard InChI is InChI=1S/C18H19BFN3O2S/c19-18(17-22-26(24,25)11-10-23(17)9-8-21-18)14-6-7-15(16(20)12-14)13-4-2-1-3-5-13/h1-7,12,21H,8-11,19H2. The van der Waals surface area contributed by atoms with Gasteiger partial charge < -0.3 is 10.2 Å². The van der Waals surface area contributed by atoms with Gasteiger partial charge >= 0.3 is 0 Å². The van der Waals surface area contributed by atoms with Crippen molar-refractivity contribution < 1.29 is 12.8 Å². The SMILES string of the molecule is BC1(c2ccc(-c3ccccc3)c(F)c2)NCCN2CCS(=O)(=O)N=C21. The van der Waals surface area contributed by atoms with Crippen molar-refractivity contribution in [2.45, 2.75) is 5.44 Å². The highest BCUT2D eigenvalue weighted by Crippen LogP contribution is 2.31. The number of amidine groups is 1. The Hall–Kier alpha value is -2.19. The maximum absolute atomic E-state index is 14.8. The molecule has 2 aromatic rings. The molecular formula is C18H19BFN3O2S. The van der Waals surface area contributed by atoms with Crippen LogP contribution >= 0.6 is 0 Å². The molecule has 0 saturated carbocycles. The lowest BCUT2D eigenvalue weighted by atomic mass is 9.69. The number of halogens is 1. The Kier molecular flexibility index (Phi) is 4.12. The predicted octanol–water partition coefficient (Wildman–Crippen LogP) is 0.926. The molecule has 4 rings (SSSR count). The van der Waals surface area contributed by atoms with E-state index in [1.54, 1.807) is 6.07 Å². The molecule has 1 unspecified atom stereocenters. The zero-order valence-corrected chi connectivity index (χ0v) is 15.3. The summed E-state index contributed by atoms with van der Waals surface area (Å²) >= 11 is 0. The topological polar surface area (TPSA) is 61.8 Å². The van der Waals surface area contributed by atoms with Crippen LogP contribution in [0, 0.1) is 5.82 Å². The molecule has 0 aromatic heterocycles. The number of hydrogen-bond acceptors (Lipinski definition) is 4. The average molecular weight is 371 g/mol. The van der Waals surface area contributed by atoms with E-state index in [2.05, 4.69) is 9.71 Å². The molecule has 1 fully saturated rings. The number of nitrogens with one attached hydrogen (secondary N) is 1. The number of rotatable bonds is 2. The van der Waals surface area contributed by atoms with E-state index < -0.39 is 15.5 Å². The van der Waals surface area contributed by atoms with Gasteiger partial charge in [-0.1, -0.05) is 42.5 Å². The van der Waals surface area contributed by atoms with Crippen LogP contribution < -0.4 is 5.32 Å². The molecule has 1 N–H and O–H groups in total. The lowest BCUT2D eigenvalue weighted by Gasteiger charge is -2.45. The van der Waals surface area contributed by atoms with Crippen molar-refractivity contribution in [1.29, 1.82) is 0 Å². The van der Waals surface area contributed by atoms with Crippen molar-refractivity contribution in [1.82, 2.24) is 10.2 Å². The Balaban J connectivity index is 1.79. The molecule has 5 nitrogen and oxygen atoms in total. The zero-order chi connectivity index (χ0) is 18.4. The number of benzene rings is 2. The van der Waals surface area contributed by atoms with Gasteiger partial charge in [-0.2, -0.15) is 0 Å². The summed E-state index contributed by atoms with van der Waals surface area (Å²) < 4.78 is 42.9. The van der Waals surface area contributed by atoms with Gasteiger partial charge in [-0.05, 0) is 17.2 Å². The molecule has 0 amide bonds. The summed E-state index contributed by atoms with van der Waals surface area (Å²) in [5.74, 6) is 0.128. The molecular weight excluding hydrogens is 352 g/mol. The molecule has 1 atom stereocenters. The number of nitrogens with zero attached hydrogens (tertiary/aromatic N) is 2. The van der Waals surface area contributed by atoms with Crippen LogP contribution in [0.25, 0.3) is 11.1 Å². The number of sulfonamides is 1. The summed E-state index contributed by atoms with van der Waals surface area (Å²) in [5.41, 5.74) is 1.14.